The number of carbonyl (C=O) groups excluding carboxylic acids is 2. The summed E-state index contributed by atoms with van der Waals surface area (Å²) < 4.78 is 2.36. The van der Waals surface area contributed by atoms with Crippen molar-refractivity contribution in [2.45, 2.75) is 13.8 Å². The van der Waals surface area contributed by atoms with Crippen LogP contribution in [0.25, 0.3) is 25.9 Å². The minimum absolute atomic E-state index is 0.162. The van der Waals surface area contributed by atoms with E-state index in [1.807, 2.05) is 44.2 Å². The van der Waals surface area contributed by atoms with Gasteiger partial charge in [-0.1, -0.05) is 30.3 Å². The summed E-state index contributed by atoms with van der Waals surface area (Å²) in [5, 5.41) is 0. The van der Waals surface area contributed by atoms with Gasteiger partial charge in [-0.25, -0.2) is 0 Å². The molecule has 0 saturated carbocycles. The lowest BCUT2D eigenvalue weighted by Gasteiger charge is -2.01. The lowest BCUT2D eigenvalue weighted by atomic mass is 10.0. The molecule has 2 aromatic carbocycles. The highest BCUT2D eigenvalue weighted by molar-refractivity contribution is 7.29. The molecule has 0 unspecified atom stereocenters. The van der Waals surface area contributed by atoms with Crippen LogP contribution in [-0.2, 0) is 0 Å². The van der Waals surface area contributed by atoms with Crippen molar-refractivity contribution in [3.8, 4) is 10.4 Å². The van der Waals surface area contributed by atoms with E-state index in [4.69, 9.17) is 0 Å². The number of allylic oxidation sites excluding steroid dienone is 1. The average molecular weight is 401 g/mol. The van der Waals surface area contributed by atoms with Crippen molar-refractivity contribution in [3.63, 3.8) is 0 Å². The van der Waals surface area contributed by atoms with Crippen molar-refractivity contribution < 1.29 is 9.59 Å². The Labute approximate surface area is 170 Å². The van der Waals surface area contributed by atoms with E-state index in [1.165, 1.54) is 19.8 Å². The van der Waals surface area contributed by atoms with Crippen LogP contribution in [0.4, 0.5) is 0 Å². The summed E-state index contributed by atoms with van der Waals surface area (Å²) in [6.45, 7) is 3.93. The van der Waals surface area contributed by atoms with E-state index in [0.29, 0.717) is 11.1 Å². The molecule has 4 heteroatoms. The van der Waals surface area contributed by atoms with Crippen molar-refractivity contribution in [2.24, 2.45) is 0 Å². The summed E-state index contributed by atoms with van der Waals surface area (Å²) in [7, 11) is 0. The Hall–Kier alpha value is -2.82. The van der Waals surface area contributed by atoms with Gasteiger partial charge in [-0.05, 0) is 60.9 Å². The van der Waals surface area contributed by atoms with Gasteiger partial charge in [0.15, 0.2) is 11.6 Å². The molecule has 0 bridgehead atoms. The molecule has 2 aromatic heterocycles. The van der Waals surface area contributed by atoms with Gasteiger partial charge in [0.25, 0.3) is 0 Å². The molecule has 2 heterocycles. The minimum Gasteiger partial charge on any atom is -0.288 e. The van der Waals surface area contributed by atoms with Crippen LogP contribution in [0.5, 0.6) is 0 Å². The molecule has 2 nitrogen and oxygen atoms in total. The smallest absolute Gasteiger partial charge is 0.197 e. The van der Waals surface area contributed by atoms with Gasteiger partial charge in [0.2, 0.25) is 0 Å². The predicted octanol–water partition coefficient (Wildman–Crippen LogP) is 6.71. The number of fused-ring (bicyclic) bond motifs is 2. The maximum absolute atomic E-state index is 12.8. The minimum atomic E-state index is -0.162. The number of carbonyl (C=O) groups is 2. The van der Waals surface area contributed by atoms with Crippen LogP contribution in [0.3, 0.4) is 0 Å². The van der Waals surface area contributed by atoms with Gasteiger partial charge in [0.1, 0.15) is 0 Å². The van der Waals surface area contributed by atoms with Gasteiger partial charge < -0.3 is 0 Å². The van der Waals surface area contributed by atoms with Crippen LogP contribution >= 0.6 is 22.7 Å². The predicted molar refractivity (Wildman–Crippen MR) is 118 cm³/mol. The second-order valence-electron chi connectivity index (χ2n) is 7.05. The number of rotatable bonds is 2. The Kier molecular flexibility index (Phi) is 3.93. The Bertz CT molecular complexity index is 1230. The largest absolute Gasteiger partial charge is 0.288 e. The first-order valence-electron chi connectivity index (χ1n) is 9.02. The molecule has 5 rings (SSSR count). The van der Waals surface area contributed by atoms with Crippen molar-refractivity contribution >= 4 is 49.7 Å². The lowest BCUT2D eigenvalue weighted by Crippen LogP contribution is -1.99. The van der Waals surface area contributed by atoms with E-state index >= 15 is 0 Å². The summed E-state index contributed by atoms with van der Waals surface area (Å²) in [5.74, 6) is -0.324. The van der Waals surface area contributed by atoms with E-state index in [0.717, 1.165) is 16.0 Å². The molecule has 0 amide bonds. The first kappa shape index (κ1) is 17.3. The monoisotopic (exact) mass is 400 g/mol. The number of thiophene rings is 2. The van der Waals surface area contributed by atoms with E-state index in [1.54, 1.807) is 28.7 Å². The van der Waals surface area contributed by atoms with Crippen LogP contribution in [0.1, 0.15) is 36.7 Å². The standard InChI is InChI=1S/C24H16O2S2/c1-13-8-17-18(9-14(13)2)24(26)19(23(17)25)10-16-11-21-22(27-16)12-20(28-21)15-6-4-3-5-7-15/h3-12H,1-2H3. The Balaban J connectivity index is 1.53. The third-order valence-corrected chi connectivity index (χ3v) is 7.47. The number of ketones is 2. The van der Waals surface area contributed by atoms with Crippen molar-refractivity contribution in [3.05, 3.63) is 87.3 Å². The normalized spacial score (nSPS) is 13.4. The fraction of sp³-hybridized carbons (Fsp3) is 0.0833. The summed E-state index contributed by atoms with van der Waals surface area (Å²) in [4.78, 5) is 27.7. The van der Waals surface area contributed by atoms with E-state index in [2.05, 4.69) is 24.3 Å². The Morgan fingerprint density at radius 1 is 0.750 bits per heavy atom. The third-order valence-electron chi connectivity index (χ3n) is 5.18. The molecule has 0 spiro atoms. The molecule has 0 saturated heterocycles. The zero-order valence-electron chi connectivity index (χ0n) is 15.4. The first-order chi connectivity index (χ1) is 13.5. The summed E-state index contributed by atoms with van der Waals surface area (Å²) in [6, 6.07) is 18.2. The average Bonchev–Trinajstić information content (AvgIpc) is 3.31. The zero-order valence-corrected chi connectivity index (χ0v) is 17.0. The first-order valence-corrected chi connectivity index (χ1v) is 10.7. The summed E-state index contributed by atoms with van der Waals surface area (Å²) >= 11 is 3.35. The molecule has 0 N–H and O–H groups in total. The number of aryl methyl sites for hydroxylation is 2. The highest BCUT2D eigenvalue weighted by atomic mass is 32.1. The van der Waals surface area contributed by atoms with Gasteiger partial charge in [0.05, 0.1) is 5.57 Å². The topological polar surface area (TPSA) is 34.1 Å². The second-order valence-corrected chi connectivity index (χ2v) is 9.25. The van der Waals surface area contributed by atoms with Crippen LogP contribution in [0.2, 0.25) is 0 Å². The molecule has 28 heavy (non-hydrogen) atoms. The molecular formula is C24H16O2S2. The summed E-state index contributed by atoms with van der Waals surface area (Å²) in [5.41, 5.74) is 4.61. The number of hydrogen-bond acceptors (Lipinski definition) is 4. The van der Waals surface area contributed by atoms with E-state index in [9.17, 15) is 9.59 Å². The van der Waals surface area contributed by atoms with Gasteiger partial charge in [-0.3, -0.25) is 9.59 Å². The van der Waals surface area contributed by atoms with Gasteiger partial charge >= 0.3 is 0 Å². The third kappa shape index (κ3) is 2.68. The molecule has 136 valence electrons. The number of hydrogen-bond donors (Lipinski definition) is 0. The van der Waals surface area contributed by atoms with Crippen molar-refractivity contribution in [1.82, 2.24) is 0 Å². The van der Waals surface area contributed by atoms with Crippen molar-refractivity contribution in [1.29, 1.82) is 0 Å². The molecule has 1 aliphatic carbocycles. The maximum Gasteiger partial charge on any atom is 0.197 e. The molecular weight excluding hydrogens is 384 g/mol. The lowest BCUT2D eigenvalue weighted by molar-refractivity contribution is 0.0990. The SMILES string of the molecule is Cc1cc2c(cc1C)C(=O)C(=Cc1cc3sc(-c4ccccc4)cc3s1)C2=O. The fourth-order valence-corrected chi connectivity index (χ4v) is 5.88. The molecule has 0 aliphatic heterocycles. The highest BCUT2D eigenvalue weighted by Gasteiger charge is 2.33. The maximum atomic E-state index is 12.8. The quantitative estimate of drug-likeness (QED) is 0.277. The van der Waals surface area contributed by atoms with Crippen LogP contribution in [0.15, 0.2) is 60.2 Å². The Morgan fingerprint density at radius 2 is 1.36 bits per heavy atom. The van der Waals surface area contributed by atoms with Gasteiger partial charge in [0, 0.05) is 30.3 Å². The molecule has 1 aliphatic rings. The zero-order chi connectivity index (χ0) is 19.4. The molecule has 4 aromatic rings. The van der Waals surface area contributed by atoms with Crippen LogP contribution in [0, 0.1) is 13.8 Å². The fourth-order valence-electron chi connectivity index (χ4n) is 3.53. The van der Waals surface area contributed by atoms with Crippen molar-refractivity contribution in [2.75, 3.05) is 0 Å². The second kappa shape index (κ2) is 6.36. The molecule has 0 fully saturated rings. The van der Waals surface area contributed by atoms with E-state index < -0.39 is 0 Å². The molecule has 0 atom stereocenters. The number of benzene rings is 2. The number of Topliss-reactive ketones (excluding diaryl/α,β-unsaturated/α-hetero) is 2. The van der Waals surface area contributed by atoms with Gasteiger partial charge in [-0.15, -0.1) is 22.7 Å². The van der Waals surface area contributed by atoms with Crippen LogP contribution < -0.4 is 0 Å². The Morgan fingerprint density at radius 3 is 1.96 bits per heavy atom. The van der Waals surface area contributed by atoms with Gasteiger partial charge in [-0.2, -0.15) is 0 Å². The highest BCUT2D eigenvalue weighted by Crippen LogP contribution is 2.39. The van der Waals surface area contributed by atoms with Crippen LogP contribution in [-0.4, -0.2) is 11.6 Å². The van der Waals surface area contributed by atoms with E-state index in [-0.39, 0.29) is 17.1 Å². The summed E-state index contributed by atoms with van der Waals surface area (Å²) in [6.07, 6.45) is 1.76. The molecule has 0 radical (unpaired) electrons.